The van der Waals surface area contributed by atoms with Gasteiger partial charge < -0.3 is 122 Å². The van der Waals surface area contributed by atoms with E-state index < -0.39 is 206 Å². The molecule has 0 spiro atoms. The predicted octanol–water partition coefficient (Wildman–Crippen LogP) is -4.54. The zero-order valence-corrected chi connectivity index (χ0v) is 66.9. The molecule has 41 heteroatoms. The van der Waals surface area contributed by atoms with E-state index in [0.717, 1.165) is 6.92 Å². The number of aliphatic carboxylic acids is 1. The van der Waals surface area contributed by atoms with Gasteiger partial charge >= 0.3 is 5.97 Å². The second-order valence-electron chi connectivity index (χ2n) is 28.7. The monoisotopic (exact) mass is 1660 g/mol. The van der Waals surface area contributed by atoms with Gasteiger partial charge in [-0.05, 0) is 117 Å². The van der Waals surface area contributed by atoms with Crippen LogP contribution in [0, 0.1) is 11.3 Å². The predicted molar refractivity (Wildman–Crippen MR) is 431 cm³/mol. The Morgan fingerprint density at radius 1 is 0.576 bits per heavy atom. The smallest absolute Gasteiger partial charge is 0.303 e. The van der Waals surface area contributed by atoms with Crippen molar-refractivity contribution in [3.63, 3.8) is 0 Å². The number of phenols is 1. The van der Waals surface area contributed by atoms with Gasteiger partial charge in [-0.1, -0.05) is 74.5 Å². The number of aliphatic hydroxyl groups is 2. The van der Waals surface area contributed by atoms with E-state index in [0.29, 0.717) is 46.9 Å². The topological polar surface area (TPSA) is 643 Å². The number of H-pyrrole nitrogens is 2. The number of aromatic amines is 2. The summed E-state index contributed by atoms with van der Waals surface area (Å²) in [6.45, 7) is 2.20. The Bertz CT molecular complexity index is 4250. The van der Waals surface area contributed by atoms with E-state index in [2.05, 4.69) is 84.1 Å². The molecular formula is C77H109N21O19S. The number of benzene rings is 3. The number of fused-ring (bicyclic) bond motifs is 1. The number of nitrogens with one attached hydrogen (secondary N) is 16. The Morgan fingerprint density at radius 3 is 1.64 bits per heavy atom. The van der Waals surface area contributed by atoms with E-state index in [1.165, 1.54) is 53.5 Å². The molecule has 118 heavy (non-hydrogen) atoms. The molecule has 1 aliphatic rings. The Balaban J connectivity index is 1.25. The number of rotatable bonds is 50. The summed E-state index contributed by atoms with van der Waals surface area (Å²) >= 11 is 1.23. The van der Waals surface area contributed by atoms with Crippen LogP contribution in [-0.4, -0.2) is 259 Å². The number of amides is 14. The van der Waals surface area contributed by atoms with Crippen LogP contribution in [0.5, 0.6) is 5.75 Å². The molecule has 0 unspecified atom stereocenters. The molecule has 1 aliphatic heterocycles. The average Bonchev–Trinajstić information content (AvgIpc) is 1.64. The number of carboxylic acids is 1. The van der Waals surface area contributed by atoms with Crippen molar-refractivity contribution in [1.82, 2.24) is 89.0 Å². The maximum absolute atomic E-state index is 15.2. The van der Waals surface area contributed by atoms with Gasteiger partial charge in [0.25, 0.3) is 0 Å². The standard InChI is InChI=1S/C77H109N21O19S/c1-42(2)64(65(79)106)97-75(116)61-20-13-30-98(61)76(117)54(18-10-11-28-78)88-62(103)38-85-66(107)57(34-46-36-84-50-17-9-8-16-49(46)50)94-67(108)51(19-12-29-83-77(80)81)89-70(111)55(32-44-14-6-5-7-15-44)92-72(113)58(35-47-37-82-41-86-47)95-68(109)52(25-26-63(104)105)90-69(110)53(27-31-118-4)91-74(115)60(40-100)96-71(112)56(33-45-21-23-48(102)24-22-45)93-73(114)59(39-99)87-43(3)101/h5-9,14-17,21-24,36-37,41-42,51-61,64,84,99-100,102H,10-13,18-20,25-35,38-40,78H2,1-4H3,(H2,79,106)(H,82,86)(H,85,107)(H,87,101)(H,88,103)(H,89,111)(H,90,110)(H,91,115)(H,92,113)(H,93,114)(H,94,108)(H,95,109)(H,96,112)(H,97,116)(H,104,105)(H4,80,81,83)/t51-,52+,53-,54-,55+,56-,57-,58-,59-,60-,61-,64-/m0/s1. The van der Waals surface area contributed by atoms with Crippen molar-refractivity contribution in [3.05, 3.63) is 120 Å². The van der Waals surface area contributed by atoms with Gasteiger partial charge in [-0.2, -0.15) is 11.8 Å². The summed E-state index contributed by atoms with van der Waals surface area (Å²) < 4.78 is 0. The minimum atomic E-state index is -1.84. The van der Waals surface area contributed by atoms with Gasteiger partial charge in [0, 0.05) is 81.1 Å². The molecule has 642 valence electrons. The fourth-order valence-electron chi connectivity index (χ4n) is 12.9. The van der Waals surface area contributed by atoms with E-state index in [9.17, 15) is 78.0 Å². The van der Waals surface area contributed by atoms with Gasteiger partial charge in [-0.15, -0.1) is 0 Å². The molecule has 1 saturated heterocycles. The lowest BCUT2D eigenvalue weighted by atomic mass is 10.0. The Morgan fingerprint density at radius 2 is 1.09 bits per heavy atom. The Hall–Kier alpha value is -12.2. The molecule has 0 aliphatic carbocycles. The molecule has 6 rings (SSSR count). The summed E-state index contributed by atoms with van der Waals surface area (Å²) in [5, 5.41) is 81.9. The van der Waals surface area contributed by atoms with Crippen LogP contribution in [0.1, 0.15) is 107 Å². The SMILES string of the molecule is CSCC[C@H](NC(=O)[C@H](CO)NC(=O)[C@H](Cc1ccc(O)cc1)NC(=O)[C@H](CO)NC(C)=O)C(=O)N[C@H](CCC(=O)O)C(=O)N[C@@H](Cc1cnc[nH]1)C(=O)N[C@H](Cc1ccccc1)C(=O)N[C@@H](CCCNC(=N)N)C(=O)N[C@@H](Cc1c[nH]c2ccccc12)C(=O)NCC(=O)N[C@@H](CCCCN)C(=O)N1CCC[C@H]1C(=O)N[C@H](C(N)=O)C(C)C. The van der Waals surface area contributed by atoms with Gasteiger partial charge in [-0.25, -0.2) is 4.98 Å². The first-order valence-electron chi connectivity index (χ1n) is 38.5. The first-order valence-corrected chi connectivity index (χ1v) is 39.9. The number of aromatic nitrogens is 3. The third-order valence-corrected chi connectivity index (χ3v) is 19.9. The summed E-state index contributed by atoms with van der Waals surface area (Å²) in [7, 11) is 0. The zero-order chi connectivity index (χ0) is 86.5. The number of carbonyl (C=O) groups is 15. The highest BCUT2D eigenvalue weighted by atomic mass is 32.2. The number of unbranched alkanes of at least 4 members (excludes halogenated alkanes) is 1. The van der Waals surface area contributed by atoms with Crippen molar-refractivity contribution in [2.24, 2.45) is 23.1 Å². The maximum Gasteiger partial charge on any atom is 0.303 e. The molecule has 5 aromatic rings. The number of para-hydroxylation sites is 1. The number of aromatic hydroxyl groups is 1. The fraction of sp³-hybridized carbons (Fsp3) is 0.494. The van der Waals surface area contributed by atoms with Crippen LogP contribution in [0.2, 0.25) is 0 Å². The fourth-order valence-corrected chi connectivity index (χ4v) is 13.4. The van der Waals surface area contributed by atoms with Crippen molar-refractivity contribution >= 4 is 117 Å². The largest absolute Gasteiger partial charge is 0.508 e. The van der Waals surface area contributed by atoms with E-state index in [4.69, 9.17) is 22.6 Å². The number of nitrogens with zero attached hydrogens (tertiary/aromatic N) is 2. The minimum absolute atomic E-state index is 0.00491. The summed E-state index contributed by atoms with van der Waals surface area (Å²) in [4.78, 5) is 220. The van der Waals surface area contributed by atoms with Crippen LogP contribution in [-0.2, 0) is 97.6 Å². The second kappa shape index (κ2) is 48.3. The number of likely N-dealkylation sites (tertiary alicyclic amines) is 1. The van der Waals surface area contributed by atoms with Crippen LogP contribution < -0.4 is 86.3 Å². The summed E-state index contributed by atoms with van der Waals surface area (Å²) in [5.74, 6) is -14.9. The zero-order valence-electron chi connectivity index (χ0n) is 66.0. The van der Waals surface area contributed by atoms with Crippen molar-refractivity contribution in [2.75, 3.05) is 51.4 Å². The second-order valence-corrected chi connectivity index (χ2v) is 29.6. The van der Waals surface area contributed by atoms with Crippen LogP contribution in [0.15, 0.2) is 97.6 Å². The average molecular weight is 1660 g/mol. The first kappa shape index (κ1) is 94.6. The molecule has 26 N–H and O–H groups in total. The number of guanidine groups is 1. The lowest BCUT2D eigenvalue weighted by Crippen LogP contribution is -2.61. The molecule has 0 bridgehead atoms. The quantitative estimate of drug-likeness (QED) is 0.00991. The molecule has 0 radical (unpaired) electrons. The van der Waals surface area contributed by atoms with E-state index in [-0.39, 0.29) is 94.1 Å². The number of nitrogens with two attached hydrogens (primary N) is 3. The van der Waals surface area contributed by atoms with Crippen molar-refractivity contribution in [3.8, 4) is 5.75 Å². The normalized spacial score (nSPS) is 15.2. The van der Waals surface area contributed by atoms with Crippen LogP contribution >= 0.6 is 11.8 Å². The molecule has 0 saturated carbocycles. The maximum atomic E-state index is 15.2. The number of primary amides is 1. The third kappa shape index (κ3) is 30.8. The van der Waals surface area contributed by atoms with E-state index in [1.54, 1.807) is 80.9 Å². The van der Waals surface area contributed by atoms with Gasteiger partial charge in [0.1, 0.15) is 78.3 Å². The van der Waals surface area contributed by atoms with E-state index >= 15 is 14.4 Å². The molecule has 3 heterocycles. The number of phenolic OH excluding ortho intramolecular Hbond substituents is 1. The number of aliphatic hydroxyl groups excluding tert-OH is 2. The molecule has 12 atom stereocenters. The summed E-state index contributed by atoms with van der Waals surface area (Å²) in [6.07, 6.45) is 4.64. The van der Waals surface area contributed by atoms with Crippen LogP contribution in [0.3, 0.4) is 0 Å². The van der Waals surface area contributed by atoms with E-state index in [1.807, 2.05) is 0 Å². The molecular weight excluding hydrogens is 1560 g/mol. The summed E-state index contributed by atoms with van der Waals surface area (Å²) in [5.41, 5.74) is 19.3. The van der Waals surface area contributed by atoms with Crippen LogP contribution in [0.25, 0.3) is 10.9 Å². The van der Waals surface area contributed by atoms with Gasteiger partial charge in [0.05, 0.1) is 26.1 Å². The van der Waals surface area contributed by atoms with Crippen molar-refractivity contribution < 1.29 is 92.3 Å². The highest BCUT2D eigenvalue weighted by molar-refractivity contribution is 7.98. The number of imidazole rings is 1. The van der Waals surface area contributed by atoms with Crippen molar-refractivity contribution in [1.29, 1.82) is 5.41 Å². The summed E-state index contributed by atoms with van der Waals surface area (Å²) in [6, 6.07) is 2.94. The minimum Gasteiger partial charge on any atom is -0.508 e. The third-order valence-electron chi connectivity index (χ3n) is 19.2. The number of hydrogen-bond donors (Lipinski definition) is 23. The van der Waals surface area contributed by atoms with Gasteiger partial charge in [-0.3, -0.25) is 77.3 Å². The van der Waals surface area contributed by atoms with Gasteiger partial charge in [0.2, 0.25) is 82.7 Å². The number of thioether (sulfide) groups is 1. The molecule has 2 aromatic heterocycles. The Kier molecular flexibility index (Phi) is 38.8. The lowest BCUT2D eigenvalue weighted by molar-refractivity contribution is -0.142. The highest BCUT2D eigenvalue weighted by Crippen LogP contribution is 2.23. The number of carbonyl (C=O) groups excluding carboxylic acids is 14. The molecule has 40 nitrogen and oxygen atoms in total. The Labute approximate surface area is 684 Å². The van der Waals surface area contributed by atoms with Crippen LogP contribution in [0.4, 0.5) is 0 Å². The lowest BCUT2D eigenvalue weighted by Gasteiger charge is -2.30. The number of hydrogen-bond acceptors (Lipinski definition) is 22. The molecule has 1 fully saturated rings. The van der Waals surface area contributed by atoms with Gasteiger partial charge in [0.15, 0.2) is 5.96 Å². The highest BCUT2D eigenvalue weighted by Gasteiger charge is 2.41. The molecule has 14 amide bonds. The van der Waals surface area contributed by atoms with Crippen molar-refractivity contribution in [2.45, 2.75) is 183 Å². The number of carboxylic acid groups (broad SMARTS) is 1. The molecule has 3 aromatic carbocycles. The first-order chi connectivity index (χ1) is 56.3.